The van der Waals surface area contributed by atoms with Crippen molar-refractivity contribution in [2.45, 2.75) is 6.04 Å². The van der Waals surface area contributed by atoms with Crippen molar-refractivity contribution in [2.24, 2.45) is 5.73 Å². The van der Waals surface area contributed by atoms with E-state index in [1.54, 1.807) is 14.2 Å². The number of nitrogens with zero attached hydrogens (tertiary/aromatic N) is 1. The van der Waals surface area contributed by atoms with Crippen LogP contribution in [0.5, 0.6) is 0 Å². The first kappa shape index (κ1) is 13.8. The first-order valence-electron chi connectivity index (χ1n) is 4.83. The molecule has 0 aliphatic rings. The molecule has 0 heterocycles. The van der Waals surface area contributed by atoms with Crippen molar-refractivity contribution in [1.82, 2.24) is 4.90 Å². The number of rotatable bonds is 9. The number of aliphatic hydroxyl groups excluding tert-OH is 1. The molecule has 0 aliphatic heterocycles. The predicted molar refractivity (Wildman–Crippen MR) is 55.3 cm³/mol. The molecule has 14 heavy (non-hydrogen) atoms. The molecule has 0 radical (unpaired) electrons. The molecule has 0 saturated carbocycles. The van der Waals surface area contributed by atoms with Crippen LogP contribution in [0.25, 0.3) is 0 Å². The highest BCUT2D eigenvalue weighted by molar-refractivity contribution is 4.71. The van der Waals surface area contributed by atoms with Gasteiger partial charge in [-0.25, -0.2) is 0 Å². The van der Waals surface area contributed by atoms with Gasteiger partial charge < -0.3 is 20.3 Å². The van der Waals surface area contributed by atoms with Crippen molar-refractivity contribution in [3.8, 4) is 0 Å². The van der Waals surface area contributed by atoms with Crippen LogP contribution in [0.3, 0.4) is 0 Å². The Kier molecular flexibility index (Phi) is 9.23. The molecule has 5 nitrogen and oxygen atoms in total. The van der Waals surface area contributed by atoms with Crippen LogP contribution in [-0.4, -0.2) is 69.7 Å². The van der Waals surface area contributed by atoms with Gasteiger partial charge in [0.1, 0.15) is 0 Å². The third-order valence-corrected chi connectivity index (χ3v) is 2.16. The molecule has 0 fully saturated rings. The summed E-state index contributed by atoms with van der Waals surface area (Å²) in [4.78, 5) is 2.08. The maximum atomic E-state index is 9.09. The number of aliphatic hydroxyl groups is 1. The Hall–Kier alpha value is -0.200. The summed E-state index contributed by atoms with van der Waals surface area (Å²) in [6.07, 6.45) is 0. The molecular weight excluding hydrogens is 184 g/mol. The molecule has 0 rings (SSSR count). The molecule has 3 N–H and O–H groups in total. The molecule has 1 unspecified atom stereocenters. The van der Waals surface area contributed by atoms with Gasteiger partial charge in [-0.2, -0.15) is 0 Å². The summed E-state index contributed by atoms with van der Waals surface area (Å²) in [5, 5.41) is 9.09. The lowest BCUT2D eigenvalue weighted by Gasteiger charge is -2.28. The van der Waals surface area contributed by atoms with Gasteiger partial charge in [0.2, 0.25) is 0 Å². The second-order valence-corrected chi connectivity index (χ2v) is 3.09. The van der Waals surface area contributed by atoms with E-state index < -0.39 is 0 Å². The highest BCUT2D eigenvalue weighted by Gasteiger charge is 2.15. The van der Waals surface area contributed by atoms with Crippen molar-refractivity contribution in [2.75, 3.05) is 53.7 Å². The lowest BCUT2D eigenvalue weighted by atomic mass is 10.2. The molecule has 0 aliphatic carbocycles. The highest BCUT2D eigenvalue weighted by atomic mass is 16.5. The monoisotopic (exact) mass is 206 g/mol. The number of hydrogen-bond acceptors (Lipinski definition) is 5. The zero-order valence-electron chi connectivity index (χ0n) is 9.11. The van der Waals surface area contributed by atoms with E-state index in [0.717, 1.165) is 13.1 Å². The van der Waals surface area contributed by atoms with Crippen molar-refractivity contribution < 1.29 is 14.6 Å². The number of hydrogen-bond donors (Lipinski definition) is 2. The van der Waals surface area contributed by atoms with Gasteiger partial charge in [-0.15, -0.1) is 0 Å². The smallest absolute Gasteiger partial charge is 0.0599 e. The third-order valence-electron chi connectivity index (χ3n) is 2.16. The zero-order chi connectivity index (χ0) is 10.8. The van der Waals surface area contributed by atoms with E-state index >= 15 is 0 Å². The van der Waals surface area contributed by atoms with E-state index in [1.165, 1.54) is 0 Å². The van der Waals surface area contributed by atoms with Crippen LogP contribution in [-0.2, 0) is 9.47 Å². The number of ether oxygens (including phenoxy) is 2. The maximum Gasteiger partial charge on any atom is 0.0599 e. The summed E-state index contributed by atoms with van der Waals surface area (Å²) in [6.45, 7) is 3.33. The van der Waals surface area contributed by atoms with Crippen LogP contribution < -0.4 is 5.73 Å². The summed E-state index contributed by atoms with van der Waals surface area (Å²) in [5.41, 5.74) is 5.54. The van der Waals surface area contributed by atoms with Crippen LogP contribution in [0.4, 0.5) is 0 Å². The van der Waals surface area contributed by atoms with E-state index in [0.29, 0.717) is 19.8 Å². The third kappa shape index (κ3) is 5.51. The molecule has 1 atom stereocenters. The molecule has 0 aromatic heterocycles. The van der Waals surface area contributed by atoms with E-state index in [-0.39, 0.29) is 12.6 Å². The van der Waals surface area contributed by atoms with Crippen LogP contribution in [0.1, 0.15) is 0 Å². The molecule has 5 heteroatoms. The fourth-order valence-corrected chi connectivity index (χ4v) is 1.23. The first-order chi connectivity index (χ1) is 6.79. The number of methoxy groups -OCH3 is 2. The Morgan fingerprint density at radius 3 is 2.00 bits per heavy atom. The molecule has 0 saturated heterocycles. The fraction of sp³-hybridized carbons (Fsp3) is 1.00. The lowest BCUT2D eigenvalue weighted by Crippen LogP contribution is -2.46. The van der Waals surface area contributed by atoms with Crippen molar-refractivity contribution in [3.05, 3.63) is 0 Å². The minimum absolute atomic E-state index is 0.000278. The van der Waals surface area contributed by atoms with Crippen molar-refractivity contribution >= 4 is 0 Å². The molecule has 0 aromatic carbocycles. The SMILES string of the molecule is COCCN(CCOC)C(CN)CO. The lowest BCUT2D eigenvalue weighted by molar-refractivity contribution is 0.0660. The van der Waals surface area contributed by atoms with Gasteiger partial charge in [0.15, 0.2) is 0 Å². The van der Waals surface area contributed by atoms with E-state index in [2.05, 4.69) is 4.90 Å². The summed E-state index contributed by atoms with van der Waals surface area (Å²) in [6, 6.07) is 0.000278. The molecule has 86 valence electrons. The van der Waals surface area contributed by atoms with Gasteiger partial charge in [-0.3, -0.25) is 4.90 Å². The van der Waals surface area contributed by atoms with Gasteiger partial charge in [-0.05, 0) is 0 Å². The number of nitrogens with two attached hydrogens (primary N) is 1. The first-order valence-corrected chi connectivity index (χ1v) is 4.83. The van der Waals surface area contributed by atoms with Crippen LogP contribution in [0.2, 0.25) is 0 Å². The van der Waals surface area contributed by atoms with E-state index in [4.69, 9.17) is 20.3 Å². The Balaban J connectivity index is 3.92. The second kappa shape index (κ2) is 9.36. The maximum absolute atomic E-state index is 9.09. The van der Waals surface area contributed by atoms with Crippen LogP contribution in [0, 0.1) is 0 Å². The fourth-order valence-electron chi connectivity index (χ4n) is 1.23. The van der Waals surface area contributed by atoms with Crippen molar-refractivity contribution in [1.29, 1.82) is 0 Å². The van der Waals surface area contributed by atoms with Crippen LogP contribution >= 0.6 is 0 Å². The minimum atomic E-state index is 0.000278. The standard InChI is InChI=1S/C9H22N2O3/c1-13-5-3-11(4-6-14-2)9(7-10)8-12/h9,12H,3-8,10H2,1-2H3. The average molecular weight is 206 g/mol. The topological polar surface area (TPSA) is 68.0 Å². The highest BCUT2D eigenvalue weighted by Crippen LogP contribution is 1.97. The van der Waals surface area contributed by atoms with Crippen LogP contribution in [0.15, 0.2) is 0 Å². The Labute approximate surface area is 85.8 Å². The molecule has 0 bridgehead atoms. The quantitative estimate of drug-likeness (QED) is 0.501. The Bertz CT molecular complexity index is 113. The van der Waals surface area contributed by atoms with Gasteiger partial charge in [0, 0.05) is 39.9 Å². The summed E-state index contributed by atoms with van der Waals surface area (Å²) in [5.74, 6) is 0. The van der Waals surface area contributed by atoms with Gasteiger partial charge in [0.25, 0.3) is 0 Å². The summed E-state index contributed by atoms with van der Waals surface area (Å²) in [7, 11) is 3.32. The minimum Gasteiger partial charge on any atom is -0.395 e. The molecule has 0 amide bonds. The molecular formula is C9H22N2O3. The average Bonchev–Trinajstić information content (AvgIpc) is 2.22. The van der Waals surface area contributed by atoms with Crippen molar-refractivity contribution in [3.63, 3.8) is 0 Å². The molecule has 0 spiro atoms. The normalized spacial score (nSPS) is 13.5. The summed E-state index contributed by atoms with van der Waals surface area (Å²) < 4.78 is 9.97. The zero-order valence-corrected chi connectivity index (χ0v) is 9.11. The van der Waals surface area contributed by atoms with E-state index in [9.17, 15) is 0 Å². The van der Waals surface area contributed by atoms with Gasteiger partial charge in [0.05, 0.1) is 19.8 Å². The summed E-state index contributed by atoms with van der Waals surface area (Å²) >= 11 is 0. The molecule has 0 aromatic rings. The predicted octanol–water partition coefficient (Wildman–Crippen LogP) is -1.10. The largest absolute Gasteiger partial charge is 0.395 e. The Morgan fingerprint density at radius 2 is 1.71 bits per heavy atom. The van der Waals surface area contributed by atoms with Gasteiger partial charge >= 0.3 is 0 Å². The van der Waals surface area contributed by atoms with Gasteiger partial charge in [-0.1, -0.05) is 0 Å². The second-order valence-electron chi connectivity index (χ2n) is 3.09. The van der Waals surface area contributed by atoms with E-state index in [1.807, 2.05) is 0 Å². The Morgan fingerprint density at radius 1 is 1.21 bits per heavy atom.